The van der Waals surface area contributed by atoms with Gasteiger partial charge in [0.2, 0.25) is 0 Å². The minimum absolute atomic E-state index is 0.283. The quantitative estimate of drug-likeness (QED) is 0.357. The SMILES string of the molecule is Cn1cc(C#N)c2ccc(Nc3ncc(-c4cccc(CNC(=O)Oc5ccoc5)c4)o3)cc21. The molecule has 9 heteroatoms. The number of hydrogen-bond donors (Lipinski definition) is 2. The second kappa shape index (κ2) is 8.88. The maximum atomic E-state index is 11.9. The molecule has 0 fully saturated rings. The van der Waals surface area contributed by atoms with Crippen molar-refractivity contribution in [3.8, 4) is 23.1 Å². The van der Waals surface area contributed by atoms with E-state index in [4.69, 9.17) is 13.6 Å². The second-order valence-electron chi connectivity index (χ2n) is 7.55. The molecule has 0 radical (unpaired) electrons. The fourth-order valence-electron chi connectivity index (χ4n) is 3.60. The number of hydrogen-bond acceptors (Lipinski definition) is 7. The number of nitrogens with one attached hydrogen (secondary N) is 2. The first-order valence-corrected chi connectivity index (χ1v) is 10.4. The van der Waals surface area contributed by atoms with Crippen LogP contribution in [0.4, 0.5) is 16.5 Å². The van der Waals surface area contributed by atoms with E-state index < -0.39 is 6.09 Å². The van der Waals surface area contributed by atoms with E-state index in [2.05, 4.69) is 21.7 Å². The van der Waals surface area contributed by atoms with Crippen molar-refractivity contribution >= 4 is 28.7 Å². The fraction of sp³-hybridized carbons (Fsp3) is 0.0800. The number of amides is 1. The number of aromatic nitrogens is 2. The molecule has 0 atom stereocenters. The van der Waals surface area contributed by atoms with Gasteiger partial charge in [-0.2, -0.15) is 5.26 Å². The van der Waals surface area contributed by atoms with E-state index in [1.165, 1.54) is 12.5 Å². The number of nitrogens with zero attached hydrogens (tertiary/aromatic N) is 3. The third-order valence-corrected chi connectivity index (χ3v) is 5.22. The van der Waals surface area contributed by atoms with Crippen molar-refractivity contribution < 1.29 is 18.4 Å². The Morgan fingerprint density at radius 1 is 1.24 bits per heavy atom. The number of ether oxygens (including phenoxy) is 1. The van der Waals surface area contributed by atoms with Gasteiger partial charge in [-0.15, -0.1) is 0 Å². The maximum absolute atomic E-state index is 11.9. The lowest BCUT2D eigenvalue weighted by molar-refractivity contribution is 0.199. The molecule has 34 heavy (non-hydrogen) atoms. The Morgan fingerprint density at radius 3 is 2.97 bits per heavy atom. The van der Waals surface area contributed by atoms with E-state index >= 15 is 0 Å². The van der Waals surface area contributed by atoms with Gasteiger partial charge in [-0.3, -0.25) is 0 Å². The number of furan rings is 1. The summed E-state index contributed by atoms with van der Waals surface area (Å²) in [6, 6.07) is 17.4. The van der Waals surface area contributed by atoms with Crippen molar-refractivity contribution in [2.24, 2.45) is 7.05 Å². The van der Waals surface area contributed by atoms with Crippen LogP contribution in [0.3, 0.4) is 0 Å². The molecule has 1 amide bonds. The molecule has 168 valence electrons. The second-order valence-corrected chi connectivity index (χ2v) is 7.55. The molecule has 3 aromatic heterocycles. The van der Waals surface area contributed by atoms with Gasteiger partial charge in [0.05, 0.1) is 23.5 Å². The zero-order valence-corrected chi connectivity index (χ0v) is 18.1. The molecular weight excluding hydrogens is 434 g/mol. The predicted octanol–water partition coefficient (Wildman–Crippen LogP) is 5.33. The molecule has 0 saturated heterocycles. The van der Waals surface area contributed by atoms with Crippen LogP contribution in [-0.2, 0) is 13.6 Å². The number of oxazole rings is 1. The highest BCUT2D eigenvalue weighted by atomic mass is 16.6. The number of rotatable bonds is 6. The fourth-order valence-corrected chi connectivity index (χ4v) is 3.60. The Hall–Kier alpha value is -4.97. The minimum Gasteiger partial charge on any atom is -0.469 e. The molecule has 0 bridgehead atoms. The third-order valence-electron chi connectivity index (χ3n) is 5.22. The Kier molecular flexibility index (Phi) is 5.46. The van der Waals surface area contributed by atoms with E-state index in [9.17, 15) is 10.1 Å². The van der Waals surface area contributed by atoms with Crippen LogP contribution in [0.1, 0.15) is 11.1 Å². The van der Waals surface area contributed by atoms with Crippen LogP contribution in [0.2, 0.25) is 0 Å². The van der Waals surface area contributed by atoms with Gasteiger partial charge in [0.25, 0.3) is 6.01 Å². The summed E-state index contributed by atoms with van der Waals surface area (Å²) in [4.78, 5) is 16.2. The zero-order chi connectivity index (χ0) is 23.5. The summed E-state index contributed by atoms with van der Waals surface area (Å²) < 4.78 is 17.8. The van der Waals surface area contributed by atoms with Crippen LogP contribution in [0.15, 0.2) is 82.3 Å². The van der Waals surface area contributed by atoms with Crippen LogP contribution in [-0.4, -0.2) is 15.6 Å². The standard InChI is InChI=1S/C25H19N5O4/c1-30-14-18(11-26)21-6-5-19(10-22(21)30)29-24-27-13-23(34-24)17-4-2-3-16(9-17)12-28-25(31)33-20-7-8-32-15-20/h2-10,13-15H,12H2,1H3,(H,27,29)(H,28,31). The topological polar surface area (TPSA) is 118 Å². The van der Waals surface area contributed by atoms with Gasteiger partial charge >= 0.3 is 6.09 Å². The summed E-state index contributed by atoms with van der Waals surface area (Å²) in [6.45, 7) is 0.283. The number of fused-ring (bicyclic) bond motifs is 1. The predicted molar refractivity (Wildman–Crippen MR) is 124 cm³/mol. The van der Waals surface area contributed by atoms with Crippen molar-refractivity contribution in [3.63, 3.8) is 0 Å². The Balaban J connectivity index is 1.26. The van der Waals surface area contributed by atoms with Gasteiger partial charge < -0.3 is 28.8 Å². The summed E-state index contributed by atoms with van der Waals surface area (Å²) in [5.41, 5.74) is 4.04. The van der Waals surface area contributed by atoms with Crippen molar-refractivity contribution in [1.29, 1.82) is 5.26 Å². The molecule has 0 aliphatic rings. The molecule has 0 spiro atoms. The van der Waals surface area contributed by atoms with Crippen LogP contribution in [0.25, 0.3) is 22.2 Å². The van der Waals surface area contributed by atoms with Gasteiger partial charge in [-0.25, -0.2) is 9.78 Å². The highest BCUT2D eigenvalue weighted by Crippen LogP contribution is 2.28. The largest absolute Gasteiger partial charge is 0.469 e. The summed E-state index contributed by atoms with van der Waals surface area (Å²) >= 11 is 0. The Labute approximate surface area is 194 Å². The number of carbonyl (C=O) groups is 1. The highest BCUT2D eigenvalue weighted by Gasteiger charge is 2.11. The van der Waals surface area contributed by atoms with Gasteiger partial charge in [-0.05, 0) is 29.8 Å². The smallest absolute Gasteiger partial charge is 0.412 e. The molecule has 2 N–H and O–H groups in total. The third kappa shape index (κ3) is 4.33. The minimum atomic E-state index is -0.574. The molecule has 0 saturated carbocycles. The molecule has 0 unspecified atom stereocenters. The Bertz CT molecular complexity index is 1510. The van der Waals surface area contributed by atoms with E-state index in [-0.39, 0.29) is 6.54 Å². The Morgan fingerprint density at radius 2 is 2.15 bits per heavy atom. The van der Waals surface area contributed by atoms with E-state index in [0.29, 0.717) is 23.1 Å². The summed E-state index contributed by atoms with van der Waals surface area (Å²) in [7, 11) is 1.90. The van der Waals surface area contributed by atoms with E-state index in [1.807, 2.05) is 54.1 Å². The maximum Gasteiger partial charge on any atom is 0.412 e. The highest BCUT2D eigenvalue weighted by molar-refractivity contribution is 5.89. The molecule has 9 nitrogen and oxygen atoms in total. The first kappa shape index (κ1) is 20.9. The molecule has 5 aromatic rings. The van der Waals surface area contributed by atoms with Crippen molar-refractivity contribution in [1.82, 2.24) is 14.9 Å². The summed E-state index contributed by atoms with van der Waals surface area (Å²) in [5.74, 6) is 0.918. The lowest BCUT2D eigenvalue weighted by atomic mass is 10.1. The number of carbonyl (C=O) groups excluding carboxylic acids is 1. The number of nitriles is 1. The van der Waals surface area contributed by atoms with Gasteiger partial charge in [-0.1, -0.05) is 18.2 Å². The molecule has 5 rings (SSSR count). The lowest BCUT2D eigenvalue weighted by Gasteiger charge is -2.06. The van der Waals surface area contributed by atoms with Gasteiger partial charge in [0.1, 0.15) is 12.3 Å². The van der Waals surface area contributed by atoms with Gasteiger partial charge in [0, 0.05) is 42.5 Å². The van der Waals surface area contributed by atoms with Crippen LogP contribution in [0.5, 0.6) is 5.75 Å². The van der Waals surface area contributed by atoms with Crippen LogP contribution >= 0.6 is 0 Å². The summed E-state index contributed by atoms with van der Waals surface area (Å²) in [6.07, 6.45) is 5.64. The molecule has 3 heterocycles. The van der Waals surface area contributed by atoms with E-state index in [1.54, 1.807) is 18.5 Å². The first-order chi connectivity index (χ1) is 16.6. The summed E-state index contributed by atoms with van der Waals surface area (Å²) in [5, 5.41) is 16.0. The average molecular weight is 453 g/mol. The lowest BCUT2D eigenvalue weighted by Crippen LogP contribution is -2.26. The number of anilines is 2. The number of aryl methyl sites for hydroxylation is 1. The average Bonchev–Trinajstić information content (AvgIpc) is 3.59. The number of benzene rings is 2. The van der Waals surface area contributed by atoms with E-state index in [0.717, 1.165) is 27.7 Å². The van der Waals surface area contributed by atoms with Crippen molar-refractivity contribution in [2.45, 2.75) is 6.54 Å². The monoisotopic (exact) mass is 453 g/mol. The first-order valence-electron chi connectivity index (χ1n) is 10.4. The molecule has 2 aromatic carbocycles. The van der Waals surface area contributed by atoms with Crippen LogP contribution < -0.4 is 15.4 Å². The zero-order valence-electron chi connectivity index (χ0n) is 18.1. The van der Waals surface area contributed by atoms with Crippen molar-refractivity contribution in [2.75, 3.05) is 5.32 Å². The van der Waals surface area contributed by atoms with Crippen molar-refractivity contribution in [3.05, 3.63) is 84.6 Å². The molecule has 0 aliphatic heterocycles. The normalized spacial score (nSPS) is 10.7. The van der Waals surface area contributed by atoms with Crippen LogP contribution in [0, 0.1) is 11.3 Å². The molecule has 0 aliphatic carbocycles. The molecular formula is C25H19N5O4. The van der Waals surface area contributed by atoms with Gasteiger partial charge in [0.15, 0.2) is 11.5 Å².